The quantitative estimate of drug-likeness (QED) is 0.646. The minimum atomic E-state index is -0.0383. The molecule has 3 aromatic rings. The van der Waals surface area contributed by atoms with Crippen LogP contribution in [0, 0.1) is 6.92 Å². The van der Waals surface area contributed by atoms with Gasteiger partial charge in [-0.15, -0.1) is 11.3 Å². The fourth-order valence-electron chi connectivity index (χ4n) is 2.56. The topological polar surface area (TPSA) is 42.4 Å². The average molecular weight is 352 g/mol. The molecule has 0 aliphatic carbocycles. The molecular formula is C20H20N2O2S. The number of hydrogen-bond donors (Lipinski definition) is 0. The Morgan fingerprint density at radius 2 is 1.96 bits per heavy atom. The van der Waals surface area contributed by atoms with Gasteiger partial charge in [-0.3, -0.25) is 4.79 Å². The molecule has 1 heterocycles. The lowest BCUT2D eigenvalue weighted by molar-refractivity contribution is 0.0988. The highest BCUT2D eigenvalue weighted by Crippen LogP contribution is 2.20. The van der Waals surface area contributed by atoms with Crippen LogP contribution in [0.15, 0.2) is 60.0 Å². The van der Waals surface area contributed by atoms with Crippen molar-refractivity contribution in [1.29, 1.82) is 0 Å². The predicted octanol–water partition coefficient (Wildman–Crippen LogP) is 4.70. The van der Waals surface area contributed by atoms with Gasteiger partial charge in [0.05, 0.1) is 10.7 Å². The van der Waals surface area contributed by atoms with Gasteiger partial charge in [0.25, 0.3) is 5.91 Å². The lowest BCUT2D eigenvalue weighted by Gasteiger charge is -2.21. The van der Waals surface area contributed by atoms with E-state index in [2.05, 4.69) is 4.98 Å². The fraction of sp³-hybridized carbons (Fsp3) is 0.200. The lowest BCUT2D eigenvalue weighted by atomic mass is 10.1. The number of benzene rings is 2. The van der Waals surface area contributed by atoms with E-state index in [4.69, 9.17) is 4.74 Å². The maximum absolute atomic E-state index is 12.9. The molecule has 0 unspecified atom stereocenters. The molecule has 3 rings (SSSR count). The van der Waals surface area contributed by atoms with E-state index in [0.717, 1.165) is 16.4 Å². The molecule has 1 amide bonds. The Morgan fingerprint density at radius 3 is 2.64 bits per heavy atom. The van der Waals surface area contributed by atoms with Crippen molar-refractivity contribution >= 4 is 22.9 Å². The van der Waals surface area contributed by atoms with Crippen molar-refractivity contribution in [3.8, 4) is 5.75 Å². The minimum absolute atomic E-state index is 0.0383. The molecule has 0 aliphatic heterocycles. The van der Waals surface area contributed by atoms with E-state index in [9.17, 15) is 4.79 Å². The third kappa shape index (κ3) is 4.25. The summed E-state index contributed by atoms with van der Waals surface area (Å²) in [5.74, 6) is 0.629. The van der Waals surface area contributed by atoms with Crippen LogP contribution in [0.5, 0.6) is 5.75 Å². The first kappa shape index (κ1) is 17.2. The average Bonchev–Trinajstić information content (AvgIpc) is 3.07. The summed E-state index contributed by atoms with van der Waals surface area (Å²) in [5, 5.41) is 3.00. The van der Waals surface area contributed by atoms with Crippen LogP contribution in [0.4, 0.5) is 5.69 Å². The minimum Gasteiger partial charge on any atom is -0.487 e. The Labute approximate surface area is 151 Å². The number of aryl methyl sites for hydroxylation is 1. The van der Waals surface area contributed by atoms with Crippen LogP contribution in [-0.2, 0) is 6.61 Å². The Bertz CT molecular complexity index is 846. The van der Waals surface area contributed by atoms with E-state index >= 15 is 0 Å². The summed E-state index contributed by atoms with van der Waals surface area (Å²) in [6.45, 7) is 4.94. The van der Waals surface area contributed by atoms with E-state index in [0.29, 0.717) is 24.5 Å². The summed E-state index contributed by atoms with van der Waals surface area (Å²) < 4.78 is 5.79. The van der Waals surface area contributed by atoms with Gasteiger partial charge in [-0.25, -0.2) is 4.98 Å². The van der Waals surface area contributed by atoms with Gasteiger partial charge in [0, 0.05) is 23.2 Å². The smallest absolute Gasteiger partial charge is 0.258 e. The summed E-state index contributed by atoms with van der Waals surface area (Å²) in [7, 11) is 0. The molecule has 0 radical (unpaired) electrons. The monoisotopic (exact) mass is 352 g/mol. The first-order chi connectivity index (χ1) is 12.2. The summed E-state index contributed by atoms with van der Waals surface area (Å²) in [4.78, 5) is 19.0. The van der Waals surface area contributed by atoms with Crippen molar-refractivity contribution in [1.82, 2.24) is 4.98 Å². The molecule has 0 bridgehead atoms. The fourth-order valence-corrected chi connectivity index (χ4v) is 3.16. The van der Waals surface area contributed by atoms with E-state index < -0.39 is 0 Å². The number of thiazole rings is 1. The number of carbonyl (C=O) groups excluding carboxylic acids is 1. The van der Waals surface area contributed by atoms with E-state index in [-0.39, 0.29) is 5.91 Å². The third-order valence-corrected chi connectivity index (χ3v) is 4.59. The van der Waals surface area contributed by atoms with Gasteiger partial charge in [-0.05, 0) is 44.2 Å². The van der Waals surface area contributed by atoms with Crippen LogP contribution >= 0.6 is 11.3 Å². The summed E-state index contributed by atoms with van der Waals surface area (Å²) in [5.41, 5.74) is 2.40. The van der Waals surface area contributed by atoms with Crippen LogP contribution in [-0.4, -0.2) is 17.4 Å². The molecule has 0 N–H and O–H groups in total. The second kappa shape index (κ2) is 7.94. The SMILES string of the molecule is CCN(C(=O)c1cccc(OCc2csc(C)n2)c1)c1ccccc1. The Kier molecular flexibility index (Phi) is 5.46. The van der Waals surface area contributed by atoms with Gasteiger partial charge in [-0.1, -0.05) is 24.3 Å². The van der Waals surface area contributed by atoms with Gasteiger partial charge >= 0.3 is 0 Å². The summed E-state index contributed by atoms with van der Waals surface area (Å²) in [6, 6.07) is 17.0. The van der Waals surface area contributed by atoms with Gasteiger partial charge in [-0.2, -0.15) is 0 Å². The van der Waals surface area contributed by atoms with Crippen LogP contribution in [0.3, 0.4) is 0 Å². The zero-order valence-corrected chi connectivity index (χ0v) is 15.1. The van der Waals surface area contributed by atoms with Crippen molar-refractivity contribution in [3.63, 3.8) is 0 Å². The molecule has 128 valence electrons. The van der Waals surface area contributed by atoms with Crippen LogP contribution in [0.25, 0.3) is 0 Å². The number of ether oxygens (including phenoxy) is 1. The maximum Gasteiger partial charge on any atom is 0.258 e. The summed E-state index contributed by atoms with van der Waals surface area (Å²) >= 11 is 1.60. The normalized spacial score (nSPS) is 10.5. The Hall–Kier alpha value is -2.66. The highest BCUT2D eigenvalue weighted by molar-refractivity contribution is 7.09. The number of para-hydroxylation sites is 1. The maximum atomic E-state index is 12.9. The van der Waals surface area contributed by atoms with Crippen molar-refractivity contribution < 1.29 is 9.53 Å². The zero-order chi connectivity index (χ0) is 17.6. The molecule has 5 heteroatoms. The van der Waals surface area contributed by atoms with Gasteiger partial charge in [0.1, 0.15) is 12.4 Å². The van der Waals surface area contributed by atoms with Crippen LogP contribution in [0.1, 0.15) is 28.0 Å². The van der Waals surface area contributed by atoms with Gasteiger partial charge < -0.3 is 9.64 Å². The van der Waals surface area contributed by atoms with Crippen molar-refractivity contribution in [3.05, 3.63) is 76.2 Å². The number of anilines is 1. The van der Waals surface area contributed by atoms with Gasteiger partial charge in [0.15, 0.2) is 0 Å². The molecule has 4 nitrogen and oxygen atoms in total. The van der Waals surface area contributed by atoms with Crippen molar-refractivity contribution in [2.45, 2.75) is 20.5 Å². The first-order valence-corrected chi connectivity index (χ1v) is 9.06. The van der Waals surface area contributed by atoms with E-state index in [1.807, 2.05) is 67.8 Å². The number of carbonyl (C=O) groups is 1. The van der Waals surface area contributed by atoms with E-state index in [1.54, 1.807) is 22.3 Å². The lowest BCUT2D eigenvalue weighted by Crippen LogP contribution is -2.30. The third-order valence-electron chi connectivity index (χ3n) is 3.76. The number of amides is 1. The van der Waals surface area contributed by atoms with Crippen molar-refractivity contribution in [2.24, 2.45) is 0 Å². The second-order valence-electron chi connectivity index (χ2n) is 5.56. The molecule has 0 atom stereocenters. The second-order valence-corrected chi connectivity index (χ2v) is 6.62. The zero-order valence-electron chi connectivity index (χ0n) is 14.3. The largest absolute Gasteiger partial charge is 0.487 e. The van der Waals surface area contributed by atoms with Crippen molar-refractivity contribution in [2.75, 3.05) is 11.4 Å². The van der Waals surface area contributed by atoms with Crippen LogP contribution < -0.4 is 9.64 Å². The van der Waals surface area contributed by atoms with E-state index in [1.165, 1.54) is 0 Å². The molecule has 25 heavy (non-hydrogen) atoms. The number of rotatable bonds is 6. The molecular weight excluding hydrogens is 332 g/mol. The molecule has 1 aromatic heterocycles. The number of aromatic nitrogens is 1. The molecule has 0 spiro atoms. The van der Waals surface area contributed by atoms with Gasteiger partial charge in [0.2, 0.25) is 0 Å². The molecule has 0 saturated carbocycles. The molecule has 0 fully saturated rings. The predicted molar refractivity (Wildman–Crippen MR) is 101 cm³/mol. The van der Waals surface area contributed by atoms with Crippen LogP contribution in [0.2, 0.25) is 0 Å². The number of nitrogens with zero attached hydrogens (tertiary/aromatic N) is 2. The highest BCUT2D eigenvalue weighted by atomic mass is 32.1. The summed E-state index contributed by atoms with van der Waals surface area (Å²) in [6.07, 6.45) is 0. The first-order valence-electron chi connectivity index (χ1n) is 8.18. The molecule has 0 saturated heterocycles. The molecule has 2 aromatic carbocycles. The standard InChI is InChI=1S/C20H20N2O2S/c1-3-22(18-9-5-4-6-10-18)20(23)16-8-7-11-19(12-16)24-13-17-14-25-15(2)21-17/h4-12,14H,3,13H2,1-2H3. The highest BCUT2D eigenvalue weighted by Gasteiger charge is 2.16. The molecule has 0 aliphatic rings. The number of hydrogen-bond acceptors (Lipinski definition) is 4. The Balaban J connectivity index is 1.74. The Morgan fingerprint density at radius 1 is 1.16 bits per heavy atom.